The quantitative estimate of drug-likeness (QED) is 0.697. The smallest absolute Gasteiger partial charge is 0.248 e. The summed E-state index contributed by atoms with van der Waals surface area (Å²) >= 11 is 0. The molecule has 1 aromatic rings. The van der Waals surface area contributed by atoms with Gasteiger partial charge in [0.15, 0.2) is 0 Å². The molecule has 1 fully saturated rings. The fourth-order valence-corrected chi connectivity index (χ4v) is 1.76. The second kappa shape index (κ2) is 7.87. The molecule has 1 aliphatic rings. The van der Waals surface area contributed by atoms with Crippen LogP contribution in [-0.4, -0.2) is 24.9 Å². The Bertz CT molecular complexity index is 458. The zero-order chi connectivity index (χ0) is 13.7. The normalized spacial score (nSPS) is 13.4. The average Bonchev–Trinajstić information content (AvgIpc) is 3.21. The molecule has 4 N–H and O–H groups in total. The molecular weight excluding hydrogens is 278 g/mol. The van der Waals surface area contributed by atoms with Crippen molar-refractivity contribution in [3.05, 3.63) is 35.4 Å². The van der Waals surface area contributed by atoms with Gasteiger partial charge < -0.3 is 16.4 Å². The Balaban J connectivity index is 0.00000200. The second-order valence-corrected chi connectivity index (χ2v) is 4.91. The standard InChI is InChI=1S/C14H19N3O2.ClH/c15-14(19)12-5-3-11(4-6-12)8-17-13(18)9-16-7-10-1-2-10;/h3-6,10,16H,1-2,7-9H2,(H2,15,19)(H,17,18);1H. The van der Waals surface area contributed by atoms with Crippen molar-refractivity contribution in [3.63, 3.8) is 0 Å². The molecule has 1 saturated carbocycles. The van der Waals surface area contributed by atoms with E-state index in [-0.39, 0.29) is 18.3 Å². The van der Waals surface area contributed by atoms with Crippen LogP contribution in [0.15, 0.2) is 24.3 Å². The number of benzene rings is 1. The molecule has 0 bridgehead atoms. The van der Waals surface area contributed by atoms with Gasteiger partial charge in [-0.05, 0) is 43.0 Å². The lowest BCUT2D eigenvalue weighted by Crippen LogP contribution is -2.34. The van der Waals surface area contributed by atoms with Gasteiger partial charge in [-0.2, -0.15) is 0 Å². The van der Waals surface area contributed by atoms with Crippen molar-refractivity contribution in [3.8, 4) is 0 Å². The van der Waals surface area contributed by atoms with Gasteiger partial charge in [-0.3, -0.25) is 9.59 Å². The molecule has 20 heavy (non-hydrogen) atoms. The van der Waals surface area contributed by atoms with E-state index in [1.165, 1.54) is 12.8 Å². The minimum Gasteiger partial charge on any atom is -0.366 e. The van der Waals surface area contributed by atoms with Crippen molar-refractivity contribution >= 4 is 24.2 Å². The number of primary amides is 1. The number of nitrogens with one attached hydrogen (secondary N) is 2. The fraction of sp³-hybridized carbons (Fsp3) is 0.429. The summed E-state index contributed by atoms with van der Waals surface area (Å²) in [5.41, 5.74) is 6.57. The summed E-state index contributed by atoms with van der Waals surface area (Å²) in [6, 6.07) is 6.90. The van der Waals surface area contributed by atoms with Gasteiger partial charge in [-0.15, -0.1) is 12.4 Å². The van der Waals surface area contributed by atoms with E-state index in [1.807, 2.05) is 0 Å². The van der Waals surface area contributed by atoms with Crippen LogP contribution in [0.2, 0.25) is 0 Å². The van der Waals surface area contributed by atoms with Gasteiger partial charge in [0.25, 0.3) is 0 Å². The number of nitrogens with two attached hydrogens (primary N) is 1. The zero-order valence-electron chi connectivity index (χ0n) is 11.2. The Morgan fingerprint density at radius 3 is 2.40 bits per heavy atom. The molecule has 2 amide bonds. The summed E-state index contributed by atoms with van der Waals surface area (Å²) in [7, 11) is 0. The van der Waals surface area contributed by atoms with E-state index >= 15 is 0 Å². The monoisotopic (exact) mass is 297 g/mol. The van der Waals surface area contributed by atoms with Crippen LogP contribution >= 0.6 is 12.4 Å². The van der Waals surface area contributed by atoms with Crippen LogP contribution in [0.3, 0.4) is 0 Å². The number of carbonyl (C=O) groups is 2. The van der Waals surface area contributed by atoms with Crippen molar-refractivity contribution in [2.24, 2.45) is 11.7 Å². The Morgan fingerprint density at radius 2 is 1.85 bits per heavy atom. The molecule has 6 heteroatoms. The lowest BCUT2D eigenvalue weighted by atomic mass is 10.1. The van der Waals surface area contributed by atoms with Gasteiger partial charge in [0.05, 0.1) is 6.54 Å². The SMILES string of the molecule is Cl.NC(=O)c1ccc(CNC(=O)CNCC2CC2)cc1. The maximum absolute atomic E-state index is 11.5. The molecule has 0 aliphatic heterocycles. The Morgan fingerprint density at radius 1 is 1.20 bits per heavy atom. The third-order valence-corrected chi connectivity index (χ3v) is 3.14. The van der Waals surface area contributed by atoms with Gasteiger partial charge >= 0.3 is 0 Å². The fourth-order valence-electron chi connectivity index (χ4n) is 1.76. The number of amides is 2. The van der Waals surface area contributed by atoms with E-state index in [9.17, 15) is 9.59 Å². The summed E-state index contributed by atoms with van der Waals surface area (Å²) in [6.07, 6.45) is 2.56. The minimum atomic E-state index is -0.445. The van der Waals surface area contributed by atoms with Gasteiger partial charge in [0, 0.05) is 12.1 Å². The van der Waals surface area contributed by atoms with Gasteiger partial charge in [-0.25, -0.2) is 0 Å². The summed E-state index contributed by atoms with van der Waals surface area (Å²) in [6.45, 7) is 1.75. The molecule has 0 spiro atoms. The largest absolute Gasteiger partial charge is 0.366 e. The first-order valence-corrected chi connectivity index (χ1v) is 6.51. The molecule has 0 atom stereocenters. The number of carbonyl (C=O) groups excluding carboxylic acids is 2. The van der Waals surface area contributed by atoms with Crippen LogP contribution in [0.5, 0.6) is 0 Å². The molecule has 0 unspecified atom stereocenters. The van der Waals surface area contributed by atoms with Crippen molar-refractivity contribution < 1.29 is 9.59 Å². The van der Waals surface area contributed by atoms with E-state index in [0.29, 0.717) is 18.7 Å². The first-order chi connectivity index (χ1) is 9.15. The molecule has 0 heterocycles. The molecule has 0 saturated heterocycles. The van der Waals surface area contributed by atoms with Crippen molar-refractivity contribution in [1.29, 1.82) is 0 Å². The van der Waals surface area contributed by atoms with Crippen molar-refractivity contribution in [1.82, 2.24) is 10.6 Å². The summed E-state index contributed by atoms with van der Waals surface area (Å²) in [5, 5.41) is 5.96. The Kier molecular flexibility index (Phi) is 6.48. The lowest BCUT2D eigenvalue weighted by molar-refractivity contribution is -0.120. The first kappa shape index (κ1) is 16.5. The number of hydrogen-bond acceptors (Lipinski definition) is 3. The number of halogens is 1. The number of rotatable bonds is 7. The third kappa shape index (κ3) is 5.59. The Labute approximate surface area is 124 Å². The summed E-state index contributed by atoms with van der Waals surface area (Å²) in [5.74, 6) is 0.314. The van der Waals surface area contributed by atoms with Gasteiger partial charge in [0.2, 0.25) is 11.8 Å². The maximum Gasteiger partial charge on any atom is 0.248 e. The molecule has 5 nitrogen and oxygen atoms in total. The molecule has 0 aromatic heterocycles. The summed E-state index contributed by atoms with van der Waals surface area (Å²) in [4.78, 5) is 22.4. The zero-order valence-corrected chi connectivity index (χ0v) is 12.0. The van der Waals surface area contributed by atoms with E-state index < -0.39 is 5.91 Å². The Hall–Kier alpha value is -1.59. The third-order valence-electron chi connectivity index (χ3n) is 3.14. The molecule has 1 aliphatic carbocycles. The lowest BCUT2D eigenvalue weighted by Gasteiger charge is -2.06. The summed E-state index contributed by atoms with van der Waals surface area (Å²) < 4.78 is 0. The van der Waals surface area contributed by atoms with E-state index in [4.69, 9.17) is 5.73 Å². The highest BCUT2D eigenvalue weighted by Gasteiger charge is 2.20. The molecule has 2 rings (SSSR count). The average molecular weight is 298 g/mol. The predicted octanol–water partition coefficient (Wildman–Crippen LogP) is 0.823. The minimum absolute atomic E-state index is 0. The highest BCUT2D eigenvalue weighted by molar-refractivity contribution is 5.92. The van der Waals surface area contributed by atoms with E-state index in [2.05, 4.69) is 10.6 Å². The predicted molar refractivity (Wildman–Crippen MR) is 79.6 cm³/mol. The number of hydrogen-bond donors (Lipinski definition) is 3. The highest BCUT2D eigenvalue weighted by Crippen LogP contribution is 2.27. The van der Waals surface area contributed by atoms with Crippen LogP contribution < -0.4 is 16.4 Å². The molecule has 110 valence electrons. The highest BCUT2D eigenvalue weighted by atomic mass is 35.5. The van der Waals surface area contributed by atoms with Crippen LogP contribution in [0.1, 0.15) is 28.8 Å². The van der Waals surface area contributed by atoms with Crippen molar-refractivity contribution in [2.75, 3.05) is 13.1 Å². The van der Waals surface area contributed by atoms with E-state index in [0.717, 1.165) is 18.0 Å². The maximum atomic E-state index is 11.5. The molecular formula is C14H20ClN3O2. The van der Waals surface area contributed by atoms with Crippen LogP contribution in [0, 0.1) is 5.92 Å². The van der Waals surface area contributed by atoms with Gasteiger partial charge in [-0.1, -0.05) is 12.1 Å². The van der Waals surface area contributed by atoms with Gasteiger partial charge in [0.1, 0.15) is 0 Å². The van der Waals surface area contributed by atoms with Crippen LogP contribution in [-0.2, 0) is 11.3 Å². The van der Waals surface area contributed by atoms with Crippen molar-refractivity contribution in [2.45, 2.75) is 19.4 Å². The van der Waals surface area contributed by atoms with Crippen LogP contribution in [0.25, 0.3) is 0 Å². The van der Waals surface area contributed by atoms with Crippen LogP contribution in [0.4, 0.5) is 0 Å². The first-order valence-electron chi connectivity index (χ1n) is 6.51. The topological polar surface area (TPSA) is 84.2 Å². The molecule has 0 radical (unpaired) electrons. The molecule has 1 aromatic carbocycles. The van der Waals surface area contributed by atoms with E-state index in [1.54, 1.807) is 24.3 Å². The second-order valence-electron chi connectivity index (χ2n) is 4.91.